The van der Waals surface area contributed by atoms with Gasteiger partial charge in [0.25, 0.3) is 17.7 Å². The van der Waals surface area contributed by atoms with Gasteiger partial charge >= 0.3 is 12.1 Å². The Morgan fingerprint density at radius 3 is 1.91 bits per heavy atom. The lowest BCUT2D eigenvalue weighted by Gasteiger charge is -2.17. The molecule has 0 saturated carbocycles. The number of anilines is 1. The van der Waals surface area contributed by atoms with Crippen molar-refractivity contribution in [1.82, 2.24) is 5.01 Å². The van der Waals surface area contributed by atoms with Crippen LogP contribution in [0.2, 0.25) is 0 Å². The number of carbonyl (C=O) groups excluding carboxylic acids is 4. The highest BCUT2D eigenvalue weighted by Gasteiger charge is 2.44. The summed E-state index contributed by atoms with van der Waals surface area (Å²) in [6.45, 7) is 0. The maximum atomic E-state index is 12.2. The molecule has 2 rings (SSSR count). The molecule has 2 N–H and O–H groups in total. The lowest BCUT2D eigenvalue weighted by atomic mass is 10.1. The zero-order chi connectivity index (χ0) is 17.4. The molecule has 10 heteroatoms. The fraction of sp³-hybridized carbons (Fsp3) is 0.0769. The topological polar surface area (TPSA) is 101 Å². The van der Waals surface area contributed by atoms with Gasteiger partial charge in [0.1, 0.15) is 0 Å². The van der Waals surface area contributed by atoms with E-state index in [2.05, 4.69) is 0 Å². The molecule has 0 bridgehead atoms. The van der Waals surface area contributed by atoms with E-state index in [0.29, 0.717) is 0 Å². The quantitative estimate of drug-likeness (QED) is 0.369. The zero-order valence-corrected chi connectivity index (χ0v) is 11.2. The summed E-state index contributed by atoms with van der Waals surface area (Å²) in [6, 6.07) is 4.42. The van der Waals surface area contributed by atoms with Crippen LogP contribution in [-0.2, 0) is 14.4 Å². The number of hydrogen-bond acceptors (Lipinski definition) is 5. The van der Waals surface area contributed by atoms with Crippen molar-refractivity contribution in [2.24, 2.45) is 5.84 Å². The van der Waals surface area contributed by atoms with Crippen molar-refractivity contribution in [3.63, 3.8) is 0 Å². The summed E-state index contributed by atoms with van der Waals surface area (Å²) in [5.41, 5.74) is -0.201. The Hall–Kier alpha value is -3.01. The molecule has 0 spiro atoms. The molecule has 1 heterocycles. The Labute approximate surface area is 126 Å². The Kier molecular flexibility index (Phi) is 4.02. The van der Waals surface area contributed by atoms with Crippen LogP contribution in [0, 0.1) is 0 Å². The average molecular weight is 327 g/mol. The molecule has 120 valence electrons. The predicted molar refractivity (Wildman–Crippen MR) is 69.5 cm³/mol. The molecule has 1 aliphatic rings. The van der Waals surface area contributed by atoms with Gasteiger partial charge in [-0.2, -0.15) is 13.2 Å². The summed E-state index contributed by atoms with van der Waals surface area (Å²) in [5.74, 6) is -0.214. The van der Waals surface area contributed by atoms with Gasteiger partial charge in [-0.1, -0.05) is 0 Å². The molecule has 0 fully saturated rings. The lowest BCUT2D eigenvalue weighted by Crippen LogP contribution is -2.49. The van der Waals surface area contributed by atoms with Crippen molar-refractivity contribution < 1.29 is 32.3 Å². The first kappa shape index (κ1) is 16.4. The molecule has 23 heavy (non-hydrogen) atoms. The minimum Gasteiger partial charge on any atom is -0.269 e. The van der Waals surface area contributed by atoms with Crippen LogP contribution in [0.5, 0.6) is 0 Å². The van der Waals surface area contributed by atoms with Crippen molar-refractivity contribution in [2.45, 2.75) is 6.18 Å². The Bertz CT molecular complexity index is 707. The zero-order valence-electron chi connectivity index (χ0n) is 11.2. The van der Waals surface area contributed by atoms with Gasteiger partial charge in [-0.25, -0.2) is 15.8 Å². The van der Waals surface area contributed by atoms with Crippen LogP contribution in [0.3, 0.4) is 0 Å². The molecule has 1 aliphatic heterocycles. The van der Waals surface area contributed by atoms with Gasteiger partial charge in [0.2, 0.25) is 0 Å². The molecule has 1 aromatic rings. The Morgan fingerprint density at radius 1 is 1.00 bits per heavy atom. The molecule has 4 amide bonds. The standard InChI is InChI=1S/C13H8F3N3O4/c14-13(15,16)12(23)19(17)11(22)7-1-3-8(4-2-7)18-9(20)5-6-10(18)21/h1-6H,17H2. The summed E-state index contributed by atoms with van der Waals surface area (Å²) in [4.78, 5) is 46.3. The average Bonchev–Trinajstić information content (AvgIpc) is 2.83. The number of carbonyl (C=O) groups is 4. The van der Waals surface area contributed by atoms with Crippen molar-refractivity contribution >= 4 is 29.3 Å². The number of hydrogen-bond donors (Lipinski definition) is 1. The number of nitrogens with zero attached hydrogens (tertiary/aromatic N) is 2. The highest BCUT2D eigenvalue weighted by Crippen LogP contribution is 2.21. The number of amides is 4. The third-order valence-corrected chi connectivity index (χ3v) is 2.86. The number of halogens is 3. The molecular formula is C13H8F3N3O4. The summed E-state index contributed by atoms with van der Waals surface area (Å²) < 4.78 is 36.7. The van der Waals surface area contributed by atoms with E-state index in [9.17, 15) is 32.3 Å². The third-order valence-electron chi connectivity index (χ3n) is 2.86. The maximum Gasteiger partial charge on any atom is 0.473 e. The van der Waals surface area contributed by atoms with Crippen LogP contribution in [0.4, 0.5) is 18.9 Å². The molecule has 0 unspecified atom stereocenters. The number of alkyl halides is 3. The van der Waals surface area contributed by atoms with Crippen molar-refractivity contribution in [3.8, 4) is 0 Å². The second kappa shape index (κ2) is 5.65. The van der Waals surface area contributed by atoms with E-state index in [1.54, 1.807) is 0 Å². The number of hydrazine groups is 1. The smallest absolute Gasteiger partial charge is 0.269 e. The molecule has 7 nitrogen and oxygen atoms in total. The highest BCUT2D eigenvalue weighted by atomic mass is 19.4. The van der Waals surface area contributed by atoms with Gasteiger partial charge in [-0.15, -0.1) is 0 Å². The van der Waals surface area contributed by atoms with Crippen LogP contribution in [0.15, 0.2) is 36.4 Å². The Balaban J connectivity index is 2.20. The third kappa shape index (κ3) is 3.11. The fourth-order valence-electron chi connectivity index (χ4n) is 1.78. The minimum atomic E-state index is -5.29. The van der Waals surface area contributed by atoms with Gasteiger partial charge in [-0.3, -0.25) is 19.2 Å². The first-order chi connectivity index (χ1) is 10.6. The van der Waals surface area contributed by atoms with Crippen LogP contribution in [0.25, 0.3) is 0 Å². The second-order valence-electron chi connectivity index (χ2n) is 4.37. The van der Waals surface area contributed by atoms with Gasteiger partial charge in [-0.05, 0) is 24.3 Å². The van der Waals surface area contributed by atoms with Crippen LogP contribution >= 0.6 is 0 Å². The van der Waals surface area contributed by atoms with Crippen molar-refractivity contribution in [1.29, 1.82) is 0 Å². The minimum absolute atomic E-state index is 0.118. The number of benzene rings is 1. The van der Waals surface area contributed by atoms with Crippen LogP contribution < -0.4 is 10.7 Å². The molecule has 0 aliphatic carbocycles. The van der Waals surface area contributed by atoms with Gasteiger partial charge < -0.3 is 0 Å². The summed E-state index contributed by atoms with van der Waals surface area (Å²) in [5, 5.41) is -0.553. The van der Waals surface area contributed by atoms with E-state index in [4.69, 9.17) is 5.84 Å². The molecule has 0 saturated heterocycles. The van der Waals surface area contributed by atoms with Crippen LogP contribution in [0.1, 0.15) is 10.4 Å². The maximum absolute atomic E-state index is 12.2. The SMILES string of the molecule is NN(C(=O)c1ccc(N2C(=O)C=CC2=O)cc1)C(=O)C(F)(F)F. The molecule has 0 radical (unpaired) electrons. The van der Waals surface area contributed by atoms with E-state index < -0.39 is 34.8 Å². The lowest BCUT2D eigenvalue weighted by molar-refractivity contribution is -0.182. The number of nitrogens with two attached hydrogens (primary N) is 1. The first-order valence-electron chi connectivity index (χ1n) is 5.99. The van der Waals surface area contributed by atoms with E-state index >= 15 is 0 Å². The summed E-state index contributed by atoms with van der Waals surface area (Å²) >= 11 is 0. The van der Waals surface area contributed by atoms with Gasteiger partial charge in [0, 0.05) is 17.7 Å². The predicted octanol–water partition coefficient (Wildman–Crippen LogP) is 0.521. The highest BCUT2D eigenvalue weighted by molar-refractivity contribution is 6.28. The van der Waals surface area contributed by atoms with Gasteiger partial charge in [0.05, 0.1) is 5.69 Å². The first-order valence-corrected chi connectivity index (χ1v) is 5.99. The molecule has 1 aromatic carbocycles. The second-order valence-corrected chi connectivity index (χ2v) is 4.37. The van der Waals surface area contributed by atoms with Crippen molar-refractivity contribution in [2.75, 3.05) is 4.90 Å². The molecule has 0 atom stereocenters. The normalized spacial score (nSPS) is 14.3. The number of rotatable bonds is 2. The van der Waals surface area contributed by atoms with E-state index in [-0.39, 0.29) is 11.3 Å². The van der Waals surface area contributed by atoms with E-state index in [1.165, 1.54) is 12.1 Å². The fourth-order valence-corrected chi connectivity index (χ4v) is 1.78. The summed E-state index contributed by atoms with van der Waals surface area (Å²) in [6.07, 6.45) is -3.19. The number of imide groups is 2. The monoisotopic (exact) mass is 327 g/mol. The van der Waals surface area contributed by atoms with E-state index in [0.717, 1.165) is 29.2 Å². The van der Waals surface area contributed by atoms with Crippen LogP contribution in [-0.4, -0.2) is 34.8 Å². The van der Waals surface area contributed by atoms with E-state index in [1.807, 2.05) is 0 Å². The van der Waals surface area contributed by atoms with Gasteiger partial charge in [0.15, 0.2) is 0 Å². The largest absolute Gasteiger partial charge is 0.473 e. The Morgan fingerprint density at radius 2 is 1.48 bits per heavy atom. The van der Waals surface area contributed by atoms with Crippen molar-refractivity contribution in [3.05, 3.63) is 42.0 Å². The molecule has 0 aromatic heterocycles. The summed E-state index contributed by atoms with van der Waals surface area (Å²) in [7, 11) is 0. The molecular weight excluding hydrogens is 319 g/mol.